The zero-order valence-electron chi connectivity index (χ0n) is 17.8. The lowest BCUT2D eigenvalue weighted by Gasteiger charge is -2.64. The summed E-state index contributed by atoms with van der Waals surface area (Å²) >= 11 is 0. The maximum atomic E-state index is 12.9. The molecule has 30 heavy (non-hydrogen) atoms. The number of ether oxygens (including phenoxy) is 1. The number of rotatable bonds is 3. The zero-order valence-corrected chi connectivity index (χ0v) is 17.8. The molecule has 1 amide bonds. The number of hydrogen-bond donors (Lipinski definition) is 3. The highest BCUT2D eigenvalue weighted by Gasteiger charge is 2.82. The van der Waals surface area contributed by atoms with Crippen molar-refractivity contribution in [2.75, 3.05) is 32.1 Å². The van der Waals surface area contributed by atoms with Gasteiger partial charge in [0.15, 0.2) is 5.60 Å². The van der Waals surface area contributed by atoms with Crippen LogP contribution in [0.1, 0.15) is 31.7 Å². The SMILES string of the molecule is CCC12C3CC3CN3CCC4(c5ccc(OC)cc5N(C)C4C(O)(C(N)=O)C1O)C32. The Morgan fingerprint density at radius 2 is 2.13 bits per heavy atom. The van der Waals surface area contributed by atoms with E-state index < -0.39 is 34.5 Å². The van der Waals surface area contributed by atoms with Crippen molar-refractivity contribution in [2.24, 2.45) is 23.0 Å². The van der Waals surface area contributed by atoms with Gasteiger partial charge < -0.3 is 25.6 Å². The number of aliphatic hydroxyl groups is 2. The molecule has 2 aliphatic carbocycles. The fourth-order valence-electron chi connectivity index (χ4n) is 8.59. The number of carbonyl (C=O) groups excluding carboxylic acids is 1. The third-order valence-electron chi connectivity index (χ3n) is 9.57. The van der Waals surface area contributed by atoms with Crippen LogP contribution in [0.2, 0.25) is 0 Å². The van der Waals surface area contributed by atoms with Crippen molar-refractivity contribution in [1.29, 1.82) is 0 Å². The van der Waals surface area contributed by atoms with E-state index in [2.05, 4.69) is 17.9 Å². The number of nitrogens with zero attached hydrogens (tertiary/aromatic N) is 2. The molecule has 8 atom stereocenters. The predicted molar refractivity (Wildman–Crippen MR) is 111 cm³/mol. The Hall–Kier alpha value is -1.83. The molecule has 1 aromatic rings. The molecule has 7 nitrogen and oxygen atoms in total. The van der Waals surface area contributed by atoms with Gasteiger partial charge in [0, 0.05) is 42.2 Å². The van der Waals surface area contributed by atoms with Crippen molar-refractivity contribution >= 4 is 11.6 Å². The fraction of sp³-hybridized carbons (Fsp3) is 0.696. The number of benzene rings is 1. The van der Waals surface area contributed by atoms with Crippen LogP contribution in [0.4, 0.5) is 5.69 Å². The molecule has 162 valence electrons. The smallest absolute Gasteiger partial charge is 0.254 e. The van der Waals surface area contributed by atoms with E-state index in [0.29, 0.717) is 11.8 Å². The van der Waals surface area contributed by atoms with Gasteiger partial charge >= 0.3 is 0 Å². The minimum Gasteiger partial charge on any atom is -0.497 e. The monoisotopic (exact) mass is 413 g/mol. The molecular weight excluding hydrogens is 382 g/mol. The van der Waals surface area contributed by atoms with Gasteiger partial charge in [-0.3, -0.25) is 9.69 Å². The van der Waals surface area contributed by atoms with E-state index in [4.69, 9.17) is 10.5 Å². The number of methoxy groups -OCH3 is 1. The maximum Gasteiger partial charge on any atom is 0.254 e. The molecule has 2 saturated heterocycles. The van der Waals surface area contributed by atoms with Crippen LogP contribution >= 0.6 is 0 Å². The number of fused-ring (bicyclic) bond motifs is 3. The maximum absolute atomic E-state index is 12.9. The average molecular weight is 414 g/mol. The molecule has 5 aliphatic rings. The summed E-state index contributed by atoms with van der Waals surface area (Å²) in [5.41, 5.74) is 5.00. The highest BCUT2D eigenvalue weighted by molar-refractivity contribution is 5.89. The molecule has 3 heterocycles. The van der Waals surface area contributed by atoms with Crippen LogP contribution in [0.25, 0.3) is 0 Å². The van der Waals surface area contributed by atoms with Gasteiger partial charge in [0.2, 0.25) is 0 Å². The highest BCUT2D eigenvalue weighted by atomic mass is 16.5. The molecule has 4 fully saturated rings. The molecule has 3 aliphatic heterocycles. The number of piperidine rings is 1. The van der Waals surface area contributed by atoms with Gasteiger partial charge in [-0.25, -0.2) is 0 Å². The lowest BCUT2D eigenvalue weighted by molar-refractivity contribution is -0.224. The number of primary amides is 1. The van der Waals surface area contributed by atoms with Gasteiger partial charge in [0.25, 0.3) is 5.91 Å². The van der Waals surface area contributed by atoms with E-state index in [0.717, 1.165) is 49.4 Å². The first-order chi connectivity index (χ1) is 14.3. The Morgan fingerprint density at radius 3 is 2.80 bits per heavy atom. The molecule has 1 aromatic carbocycles. The second-order valence-corrected chi connectivity index (χ2v) is 10.2. The van der Waals surface area contributed by atoms with Crippen LogP contribution in [-0.4, -0.2) is 72.1 Å². The van der Waals surface area contributed by atoms with Gasteiger partial charge in [0.05, 0.1) is 13.2 Å². The van der Waals surface area contributed by atoms with Gasteiger partial charge in [-0.05, 0) is 49.3 Å². The first kappa shape index (κ1) is 18.9. The second kappa shape index (κ2) is 5.50. The number of anilines is 1. The van der Waals surface area contributed by atoms with E-state index in [-0.39, 0.29) is 6.04 Å². The van der Waals surface area contributed by atoms with Crippen LogP contribution in [0, 0.1) is 17.3 Å². The van der Waals surface area contributed by atoms with Crippen molar-refractivity contribution in [3.63, 3.8) is 0 Å². The zero-order chi connectivity index (χ0) is 21.2. The van der Waals surface area contributed by atoms with Crippen molar-refractivity contribution in [2.45, 2.75) is 55.4 Å². The molecular formula is C23H31N3O4. The van der Waals surface area contributed by atoms with E-state index >= 15 is 0 Å². The van der Waals surface area contributed by atoms with Gasteiger partial charge in [-0.1, -0.05) is 13.0 Å². The molecule has 7 heteroatoms. The third-order valence-corrected chi connectivity index (χ3v) is 9.57. The number of aliphatic hydroxyl groups excluding tert-OH is 1. The summed E-state index contributed by atoms with van der Waals surface area (Å²) in [7, 11) is 3.54. The van der Waals surface area contributed by atoms with Crippen LogP contribution in [0.15, 0.2) is 18.2 Å². The first-order valence-corrected chi connectivity index (χ1v) is 11.1. The second-order valence-electron chi connectivity index (χ2n) is 10.2. The molecule has 4 N–H and O–H groups in total. The number of hydrogen-bond acceptors (Lipinski definition) is 6. The molecule has 2 saturated carbocycles. The van der Waals surface area contributed by atoms with Crippen LogP contribution in [0.5, 0.6) is 5.75 Å². The molecule has 0 bridgehead atoms. The van der Waals surface area contributed by atoms with Gasteiger partial charge in [0.1, 0.15) is 11.9 Å². The molecule has 8 unspecified atom stereocenters. The molecule has 1 spiro atoms. The summed E-state index contributed by atoms with van der Waals surface area (Å²) in [6.45, 7) is 4.05. The molecule has 0 aromatic heterocycles. The fourth-order valence-corrected chi connectivity index (χ4v) is 8.59. The minimum absolute atomic E-state index is 0.0791. The summed E-state index contributed by atoms with van der Waals surface area (Å²) < 4.78 is 5.47. The van der Waals surface area contributed by atoms with Crippen molar-refractivity contribution in [1.82, 2.24) is 4.90 Å². The lowest BCUT2D eigenvalue weighted by Crippen LogP contribution is -2.82. The van der Waals surface area contributed by atoms with E-state index in [1.165, 1.54) is 0 Å². The Labute approximate surface area is 176 Å². The van der Waals surface area contributed by atoms with Crippen LogP contribution in [0.3, 0.4) is 0 Å². The third kappa shape index (κ3) is 1.72. The predicted octanol–water partition coefficient (Wildman–Crippen LogP) is 0.463. The van der Waals surface area contributed by atoms with E-state index in [1.807, 2.05) is 24.1 Å². The Kier molecular flexibility index (Phi) is 3.46. The quantitative estimate of drug-likeness (QED) is 0.666. The highest BCUT2D eigenvalue weighted by Crippen LogP contribution is 2.73. The average Bonchev–Trinajstić information content (AvgIpc) is 3.37. The Balaban J connectivity index is 1.68. The van der Waals surface area contributed by atoms with Crippen LogP contribution < -0.4 is 15.4 Å². The van der Waals surface area contributed by atoms with Crippen molar-refractivity contribution in [3.8, 4) is 5.75 Å². The van der Waals surface area contributed by atoms with Crippen molar-refractivity contribution in [3.05, 3.63) is 23.8 Å². The standard InChI is InChI=1S/C23H31N3O4/c1-4-21-15-9-12(15)11-26-8-7-22(17(21)26)14-6-5-13(30-3)10-16(14)25(2)18(22)23(29,19(21)27)20(24)28/h5-6,10,12,15,17-19,27,29H,4,7-9,11H2,1-3H3,(H2,24,28). The molecule has 6 rings (SSSR count). The normalized spacial score (nSPS) is 47.9. The summed E-state index contributed by atoms with van der Waals surface area (Å²) in [6.07, 6.45) is 1.43. The van der Waals surface area contributed by atoms with E-state index in [9.17, 15) is 15.0 Å². The number of likely N-dealkylation sites (N-methyl/N-ethyl adjacent to an activating group) is 1. The number of carbonyl (C=O) groups is 1. The Bertz CT molecular complexity index is 954. The number of nitrogens with two attached hydrogens (primary N) is 1. The summed E-state index contributed by atoms with van der Waals surface area (Å²) in [4.78, 5) is 17.4. The van der Waals surface area contributed by atoms with Gasteiger partial charge in [-0.2, -0.15) is 0 Å². The topological polar surface area (TPSA) is 99.3 Å². The summed E-state index contributed by atoms with van der Waals surface area (Å²) in [5.74, 6) is 0.780. The Morgan fingerprint density at radius 1 is 1.37 bits per heavy atom. The van der Waals surface area contributed by atoms with E-state index in [1.54, 1.807) is 7.11 Å². The first-order valence-electron chi connectivity index (χ1n) is 11.1. The number of amides is 1. The minimum atomic E-state index is -2.02. The molecule has 0 radical (unpaired) electrons. The van der Waals surface area contributed by atoms with Crippen molar-refractivity contribution < 1.29 is 19.7 Å². The largest absolute Gasteiger partial charge is 0.497 e. The van der Waals surface area contributed by atoms with Gasteiger partial charge in [-0.15, -0.1) is 0 Å². The summed E-state index contributed by atoms with van der Waals surface area (Å²) in [6, 6.07) is 5.53. The van der Waals surface area contributed by atoms with Crippen LogP contribution in [-0.2, 0) is 10.2 Å². The summed E-state index contributed by atoms with van der Waals surface area (Å²) in [5, 5.41) is 23.8. The lowest BCUT2D eigenvalue weighted by atomic mass is 9.46.